The van der Waals surface area contributed by atoms with Crippen LogP contribution in [-0.4, -0.2) is 17.2 Å². The van der Waals surface area contributed by atoms with E-state index in [-0.39, 0.29) is 7.43 Å². The lowest BCUT2D eigenvalue weighted by Gasteiger charge is -2.09. The van der Waals surface area contributed by atoms with Gasteiger partial charge in [0, 0.05) is 54.9 Å². The molecule has 0 spiro atoms. The molecule has 0 unspecified atom stereocenters. The molecule has 0 aliphatic heterocycles. The van der Waals surface area contributed by atoms with Crippen molar-refractivity contribution in [2.24, 2.45) is 0 Å². The fourth-order valence-electron chi connectivity index (χ4n) is 13.3. The van der Waals surface area contributed by atoms with Crippen LogP contribution in [0.5, 0.6) is 0 Å². The average molecular weight is 1320 g/mol. The minimum atomic E-state index is -1.40. The Bertz CT molecular complexity index is 5440. The van der Waals surface area contributed by atoms with E-state index in [4.69, 9.17) is 27.7 Å². The first kappa shape index (κ1) is 57.9. The summed E-state index contributed by atoms with van der Waals surface area (Å²) < 4.78 is 27.4. The van der Waals surface area contributed by atoms with Gasteiger partial charge >= 0.3 is 7.12 Å². The van der Waals surface area contributed by atoms with E-state index in [1.54, 1.807) is 6.07 Å². The molecule has 4 heterocycles. The molecular formula is C83H55BBr2O6. The fourth-order valence-corrected chi connectivity index (χ4v) is 14.5. The van der Waals surface area contributed by atoms with E-state index in [0.29, 0.717) is 5.46 Å². The van der Waals surface area contributed by atoms with Crippen molar-refractivity contribution >= 4 is 142 Å². The van der Waals surface area contributed by atoms with Gasteiger partial charge in [-0.2, -0.15) is 0 Å². The lowest BCUT2D eigenvalue weighted by atomic mass is 9.77. The van der Waals surface area contributed by atoms with Crippen LogP contribution in [-0.2, 0) is 0 Å². The summed E-state index contributed by atoms with van der Waals surface area (Å²) in [6, 6.07) is 102. The van der Waals surface area contributed by atoms with Crippen molar-refractivity contribution in [3.63, 3.8) is 0 Å². The minimum absolute atomic E-state index is 0. The monoisotopic (exact) mass is 1320 g/mol. The summed E-state index contributed by atoms with van der Waals surface area (Å²) >= 11 is 7.29. The Balaban J connectivity index is 0.000000135. The van der Waals surface area contributed by atoms with Crippen molar-refractivity contribution < 1.29 is 27.7 Å². The molecule has 440 valence electrons. The van der Waals surface area contributed by atoms with Crippen LogP contribution < -0.4 is 5.46 Å². The Morgan fingerprint density at radius 2 is 0.533 bits per heavy atom. The van der Waals surface area contributed by atoms with E-state index in [1.165, 1.54) is 21.5 Å². The fraction of sp³-hybridized carbons (Fsp3) is 0.0120. The van der Waals surface area contributed by atoms with Gasteiger partial charge < -0.3 is 27.7 Å². The minimum Gasteiger partial charge on any atom is -0.455 e. The van der Waals surface area contributed by atoms with E-state index >= 15 is 0 Å². The van der Waals surface area contributed by atoms with Crippen LogP contribution in [0.3, 0.4) is 0 Å². The SMILES string of the molecule is Brc1oc2ccc3c(ccc4oc(Br)c(-c5ccccc5)c43)c2c1-c1ccccc1.C.OB(O)c1cccc2ccccc12.c1ccc(-c2c(-c3cccc4ccccc34)oc3ccc4c(ccc5oc(-c6cccc7ccccc67)c(-c6ccccc6)c54)c23)cc1. The highest BCUT2D eigenvalue weighted by Crippen LogP contribution is 2.51. The van der Waals surface area contributed by atoms with Gasteiger partial charge in [0.1, 0.15) is 33.9 Å². The highest BCUT2D eigenvalue weighted by Gasteiger charge is 2.27. The predicted molar refractivity (Wildman–Crippen MR) is 391 cm³/mol. The number of rotatable bonds is 7. The predicted octanol–water partition coefficient (Wildman–Crippen LogP) is 23.7. The lowest BCUT2D eigenvalue weighted by Crippen LogP contribution is -2.30. The topological polar surface area (TPSA) is 93.0 Å². The standard InChI is InChI=1S/C46H28O2.C26H14Br2O2.C10H9BO2.CH4/c1-3-15-31(16-4-1)41-43-35-25-28-40-44(36(35)26-27-39(43)47-45(41)37-23-11-19-29-13-7-9-21-33(29)37)42(32-17-5-2-6-18-32)46(48-40)38-24-12-20-30-14-8-10-22-34(30)38;27-25-21(15-7-3-1-4-8-15)23-17-11-14-20-24(18(17)12-13-19(23)29-25)22(26(28)30-20)16-9-5-2-6-10-16;12-11(13)10-7-3-5-8-4-1-2-6-9(8)10;/h1-28H;1-14H;1-7,12-13H;1H4. The number of fused-ring (bicyclic) bond motifs is 13. The Morgan fingerprint density at radius 1 is 0.250 bits per heavy atom. The third-order valence-electron chi connectivity index (χ3n) is 17.3. The smallest absolute Gasteiger partial charge is 0.455 e. The molecule has 0 amide bonds. The first-order valence-corrected chi connectivity index (χ1v) is 31.7. The number of benzene rings is 14. The van der Waals surface area contributed by atoms with Gasteiger partial charge in [0.2, 0.25) is 0 Å². The molecule has 0 aliphatic carbocycles. The van der Waals surface area contributed by atoms with Crippen LogP contribution in [0.25, 0.3) is 165 Å². The summed E-state index contributed by atoms with van der Waals surface area (Å²) in [6.45, 7) is 0. The number of hydrogen-bond acceptors (Lipinski definition) is 6. The molecule has 0 bridgehead atoms. The molecular weight excluding hydrogens is 1260 g/mol. The van der Waals surface area contributed by atoms with Crippen molar-refractivity contribution in [2.75, 3.05) is 0 Å². The number of halogens is 2. The number of hydrogen-bond donors (Lipinski definition) is 2. The number of furan rings is 4. The second kappa shape index (κ2) is 24.4. The Hall–Kier alpha value is -10.5. The normalized spacial score (nSPS) is 11.4. The molecule has 9 heteroatoms. The second-order valence-electron chi connectivity index (χ2n) is 22.5. The van der Waals surface area contributed by atoms with Gasteiger partial charge in [-0.1, -0.05) is 256 Å². The van der Waals surface area contributed by atoms with Crippen LogP contribution in [0.1, 0.15) is 7.43 Å². The van der Waals surface area contributed by atoms with Crippen molar-refractivity contribution in [3.8, 4) is 67.2 Å². The molecule has 0 fully saturated rings. The third-order valence-corrected chi connectivity index (χ3v) is 18.5. The van der Waals surface area contributed by atoms with Crippen LogP contribution >= 0.6 is 31.9 Å². The van der Waals surface area contributed by atoms with Crippen LogP contribution in [0.15, 0.2) is 324 Å². The Kier molecular flexibility index (Phi) is 15.3. The van der Waals surface area contributed by atoms with E-state index < -0.39 is 7.12 Å². The van der Waals surface area contributed by atoms with Gasteiger partial charge in [0.25, 0.3) is 0 Å². The zero-order valence-electron chi connectivity index (χ0n) is 48.7. The molecule has 4 aromatic heterocycles. The second-order valence-corrected chi connectivity index (χ2v) is 24.0. The van der Waals surface area contributed by atoms with Gasteiger partial charge in [-0.25, -0.2) is 0 Å². The van der Waals surface area contributed by atoms with Gasteiger partial charge in [-0.05, 0) is 162 Å². The summed E-state index contributed by atoms with van der Waals surface area (Å²) in [5.41, 5.74) is 15.0. The molecule has 92 heavy (non-hydrogen) atoms. The van der Waals surface area contributed by atoms with E-state index in [1.807, 2.05) is 84.9 Å². The van der Waals surface area contributed by atoms with Crippen molar-refractivity contribution in [1.82, 2.24) is 0 Å². The quantitative estimate of drug-likeness (QED) is 0.154. The zero-order chi connectivity index (χ0) is 61.1. The van der Waals surface area contributed by atoms with E-state index in [0.717, 1.165) is 153 Å². The van der Waals surface area contributed by atoms with Crippen LogP contribution in [0, 0.1) is 0 Å². The van der Waals surface area contributed by atoms with E-state index in [2.05, 4.69) is 238 Å². The van der Waals surface area contributed by atoms with Gasteiger partial charge in [-0.15, -0.1) is 0 Å². The summed E-state index contributed by atoms with van der Waals surface area (Å²) in [5.74, 6) is 1.76. The maximum absolute atomic E-state index is 9.08. The van der Waals surface area contributed by atoms with Gasteiger partial charge in [0.05, 0.1) is 0 Å². The third kappa shape index (κ3) is 10.1. The first-order chi connectivity index (χ1) is 44.8. The molecule has 14 aromatic carbocycles. The van der Waals surface area contributed by atoms with Gasteiger partial charge in [0.15, 0.2) is 9.34 Å². The van der Waals surface area contributed by atoms with Crippen molar-refractivity contribution in [3.05, 3.63) is 307 Å². The molecule has 18 aromatic rings. The summed E-state index contributed by atoms with van der Waals surface area (Å²) in [6.07, 6.45) is 0. The maximum Gasteiger partial charge on any atom is 0.489 e. The van der Waals surface area contributed by atoms with Crippen molar-refractivity contribution in [2.45, 2.75) is 7.43 Å². The average Bonchev–Trinajstić information content (AvgIpc) is 1.55. The Morgan fingerprint density at radius 3 is 0.902 bits per heavy atom. The summed E-state index contributed by atoms with van der Waals surface area (Å²) in [7, 11) is -1.40. The van der Waals surface area contributed by atoms with Gasteiger partial charge in [-0.3, -0.25) is 0 Å². The molecule has 6 nitrogen and oxygen atoms in total. The van der Waals surface area contributed by atoms with Crippen LogP contribution in [0.4, 0.5) is 0 Å². The molecule has 0 radical (unpaired) electrons. The molecule has 0 aliphatic rings. The summed E-state index contributed by atoms with van der Waals surface area (Å²) in [4.78, 5) is 0. The highest BCUT2D eigenvalue weighted by molar-refractivity contribution is 9.10. The largest absolute Gasteiger partial charge is 0.489 e. The molecule has 0 saturated carbocycles. The Labute approximate surface area is 547 Å². The summed E-state index contributed by atoms with van der Waals surface area (Å²) in [5, 5.41) is 33.7. The molecule has 0 saturated heterocycles. The molecule has 18 rings (SSSR count). The van der Waals surface area contributed by atoms with E-state index in [9.17, 15) is 0 Å². The lowest BCUT2D eigenvalue weighted by molar-refractivity contribution is 0.426. The van der Waals surface area contributed by atoms with Crippen LogP contribution in [0.2, 0.25) is 0 Å². The van der Waals surface area contributed by atoms with Crippen molar-refractivity contribution in [1.29, 1.82) is 0 Å². The first-order valence-electron chi connectivity index (χ1n) is 30.1. The molecule has 2 N–H and O–H groups in total. The molecule has 0 atom stereocenters. The zero-order valence-corrected chi connectivity index (χ0v) is 51.8. The highest BCUT2D eigenvalue weighted by atomic mass is 79.9. The maximum atomic E-state index is 9.08.